The minimum atomic E-state index is -0.0637. The minimum Gasteiger partial charge on any atom is -0.350 e. The molecule has 1 amide bonds. The topological polar surface area (TPSA) is 64.0 Å². The molecular formula is C20H23N3O2S2. The molecule has 5 nitrogen and oxygen atoms in total. The van der Waals surface area contributed by atoms with Crippen LogP contribution in [0.15, 0.2) is 51.7 Å². The van der Waals surface area contributed by atoms with Gasteiger partial charge in [-0.15, -0.1) is 11.3 Å². The third-order valence-electron chi connectivity index (χ3n) is 4.13. The second-order valence-electron chi connectivity index (χ2n) is 6.70. The lowest BCUT2D eigenvalue weighted by molar-refractivity contribution is -0.118. The van der Waals surface area contributed by atoms with Gasteiger partial charge in [0.25, 0.3) is 5.56 Å². The van der Waals surface area contributed by atoms with E-state index in [1.165, 1.54) is 11.8 Å². The molecule has 0 unspecified atom stereocenters. The van der Waals surface area contributed by atoms with E-state index in [-0.39, 0.29) is 17.2 Å². The van der Waals surface area contributed by atoms with Crippen LogP contribution in [0.3, 0.4) is 0 Å². The number of benzene rings is 1. The molecule has 27 heavy (non-hydrogen) atoms. The van der Waals surface area contributed by atoms with E-state index >= 15 is 0 Å². The zero-order chi connectivity index (χ0) is 19.2. The van der Waals surface area contributed by atoms with Gasteiger partial charge in [0, 0.05) is 11.4 Å². The van der Waals surface area contributed by atoms with Crippen LogP contribution in [0.25, 0.3) is 10.9 Å². The SMILES string of the molecule is CC(C)CCn1c(SCC(=O)NCc2cccs2)nc2ccccc2c1=O. The Morgan fingerprint density at radius 1 is 1.26 bits per heavy atom. The number of nitrogens with one attached hydrogen (secondary N) is 1. The molecule has 0 aliphatic heterocycles. The molecule has 0 aliphatic carbocycles. The molecule has 2 aromatic heterocycles. The van der Waals surface area contributed by atoms with Gasteiger partial charge in [0.05, 0.1) is 23.2 Å². The summed E-state index contributed by atoms with van der Waals surface area (Å²) in [5.41, 5.74) is 0.632. The predicted octanol–water partition coefficient (Wildman–Crippen LogP) is 3.91. The van der Waals surface area contributed by atoms with Gasteiger partial charge in [-0.05, 0) is 35.9 Å². The van der Waals surface area contributed by atoms with Crippen LogP contribution in [-0.2, 0) is 17.9 Å². The lowest BCUT2D eigenvalue weighted by Gasteiger charge is -2.14. The zero-order valence-corrected chi connectivity index (χ0v) is 17.1. The molecule has 0 saturated carbocycles. The molecule has 3 rings (SSSR count). The fourth-order valence-electron chi connectivity index (χ4n) is 2.62. The van der Waals surface area contributed by atoms with Crippen LogP contribution in [0, 0.1) is 5.92 Å². The van der Waals surface area contributed by atoms with Crippen LogP contribution in [0.5, 0.6) is 0 Å². The molecule has 3 aromatic rings. The van der Waals surface area contributed by atoms with Crippen molar-refractivity contribution in [1.29, 1.82) is 0 Å². The molecule has 142 valence electrons. The number of para-hydroxylation sites is 1. The first kappa shape index (κ1) is 19.6. The molecule has 0 saturated heterocycles. The average Bonchev–Trinajstić information content (AvgIpc) is 3.17. The van der Waals surface area contributed by atoms with Gasteiger partial charge in [0.2, 0.25) is 5.91 Å². The van der Waals surface area contributed by atoms with Crippen LogP contribution in [-0.4, -0.2) is 21.2 Å². The predicted molar refractivity (Wildman–Crippen MR) is 112 cm³/mol. The third-order valence-corrected chi connectivity index (χ3v) is 5.98. The van der Waals surface area contributed by atoms with E-state index in [1.54, 1.807) is 22.0 Å². The molecule has 0 bridgehead atoms. The Labute approximate surface area is 166 Å². The normalized spacial score (nSPS) is 11.2. The maximum atomic E-state index is 12.9. The van der Waals surface area contributed by atoms with Crippen molar-refractivity contribution in [2.75, 3.05) is 5.75 Å². The van der Waals surface area contributed by atoms with E-state index in [0.717, 1.165) is 11.3 Å². The number of fused-ring (bicyclic) bond motifs is 1. The fraction of sp³-hybridized carbons (Fsp3) is 0.350. The number of carbonyl (C=O) groups is 1. The smallest absolute Gasteiger partial charge is 0.262 e. The van der Waals surface area contributed by atoms with E-state index in [4.69, 9.17) is 0 Å². The standard InChI is InChI=1S/C20H23N3O2S2/c1-14(2)9-10-23-19(25)16-7-3-4-8-17(16)22-20(23)27-13-18(24)21-12-15-6-5-11-26-15/h3-8,11,14H,9-10,12-13H2,1-2H3,(H,21,24). The van der Waals surface area contributed by atoms with Crippen LogP contribution >= 0.6 is 23.1 Å². The Morgan fingerprint density at radius 2 is 2.07 bits per heavy atom. The molecule has 1 N–H and O–H groups in total. The minimum absolute atomic E-state index is 0.0391. The summed E-state index contributed by atoms with van der Waals surface area (Å²) in [4.78, 5) is 30.9. The van der Waals surface area contributed by atoms with E-state index in [2.05, 4.69) is 24.1 Å². The van der Waals surface area contributed by atoms with Crippen molar-refractivity contribution in [3.63, 3.8) is 0 Å². The lowest BCUT2D eigenvalue weighted by Crippen LogP contribution is -2.27. The largest absolute Gasteiger partial charge is 0.350 e. The molecule has 1 aromatic carbocycles. The summed E-state index contributed by atoms with van der Waals surface area (Å²) in [5, 5.41) is 6.12. The summed E-state index contributed by atoms with van der Waals surface area (Å²) in [6.07, 6.45) is 0.887. The number of hydrogen-bond acceptors (Lipinski definition) is 5. The summed E-state index contributed by atoms with van der Waals surface area (Å²) in [5.74, 6) is 0.652. The molecule has 0 spiro atoms. The van der Waals surface area contributed by atoms with Gasteiger partial charge in [-0.25, -0.2) is 4.98 Å². The van der Waals surface area contributed by atoms with E-state index in [1.807, 2.05) is 35.7 Å². The Bertz CT molecular complexity index is 965. The van der Waals surface area contributed by atoms with E-state index in [0.29, 0.717) is 35.1 Å². The third kappa shape index (κ3) is 5.20. The highest BCUT2D eigenvalue weighted by Gasteiger charge is 2.13. The summed E-state index contributed by atoms with van der Waals surface area (Å²) in [7, 11) is 0. The van der Waals surface area contributed by atoms with E-state index < -0.39 is 0 Å². The summed E-state index contributed by atoms with van der Waals surface area (Å²) in [6.45, 7) is 5.39. The van der Waals surface area contributed by atoms with Gasteiger partial charge in [0.15, 0.2) is 5.16 Å². The number of amides is 1. The maximum Gasteiger partial charge on any atom is 0.262 e. The first-order valence-electron chi connectivity index (χ1n) is 8.96. The van der Waals surface area contributed by atoms with Crippen LogP contribution in [0.2, 0.25) is 0 Å². The van der Waals surface area contributed by atoms with Crippen molar-refractivity contribution < 1.29 is 4.79 Å². The monoisotopic (exact) mass is 401 g/mol. The quantitative estimate of drug-likeness (QED) is 0.459. The van der Waals surface area contributed by atoms with Crippen molar-refractivity contribution >= 4 is 39.9 Å². The molecule has 2 heterocycles. The van der Waals surface area contributed by atoms with Gasteiger partial charge < -0.3 is 5.32 Å². The Hall–Kier alpha value is -2.12. The maximum absolute atomic E-state index is 12.9. The van der Waals surface area contributed by atoms with Crippen molar-refractivity contribution in [2.45, 2.75) is 38.5 Å². The Morgan fingerprint density at radius 3 is 2.81 bits per heavy atom. The number of thiophene rings is 1. The van der Waals surface area contributed by atoms with Crippen molar-refractivity contribution in [3.8, 4) is 0 Å². The van der Waals surface area contributed by atoms with Crippen LogP contribution < -0.4 is 10.9 Å². The zero-order valence-electron chi connectivity index (χ0n) is 15.5. The molecule has 0 aliphatic rings. The van der Waals surface area contributed by atoms with Crippen molar-refractivity contribution in [3.05, 3.63) is 57.0 Å². The first-order valence-corrected chi connectivity index (χ1v) is 10.8. The summed E-state index contributed by atoms with van der Waals surface area (Å²) in [6, 6.07) is 11.3. The van der Waals surface area contributed by atoms with Gasteiger partial charge >= 0.3 is 0 Å². The first-order chi connectivity index (χ1) is 13.0. The van der Waals surface area contributed by atoms with Crippen molar-refractivity contribution in [2.24, 2.45) is 5.92 Å². The van der Waals surface area contributed by atoms with E-state index in [9.17, 15) is 9.59 Å². The number of thioether (sulfide) groups is 1. The second-order valence-corrected chi connectivity index (χ2v) is 8.67. The highest BCUT2D eigenvalue weighted by Crippen LogP contribution is 2.19. The lowest BCUT2D eigenvalue weighted by atomic mass is 10.1. The number of hydrogen-bond donors (Lipinski definition) is 1. The summed E-state index contributed by atoms with van der Waals surface area (Å²) < 4.78 is 1.71. The highest BCUT2D eigenvalue weighted by molar-refractivity contribution is 7.99. The molecule has 0 fully saturated rings. The molecular weight excluding hydrogens is 378 g/mol. The van der Waals surface area contributed by atoms with Gasteiger partial charge in [0.1, 0.15) is 0 Å². The van der Waals surface area contributed by atoms with Gasteiger partial charge in [-0.1, -0.05) is 43.8 Å². The second kappa shape index (κ2) is 9.19. The molecule has 7 heteroatoms. The van der Waals surface area contributed by atoms with Gasteiger partial charge in [-0.2, -0.15) is 0 Å². The number of rotatable bonds is 8. The summed E-state index contributed by atoms with van der Waals surface area (Å²) >= 11 is 2.93. The molecule has 0 radical (unpaired) electrons. The van der Waals surface area contributed by atoms with Crippen LogP contribution in [0.4, 0.5) is 0 Å². The van der Waals surface area contributed by atoms with Gasteiger partial charge in [-0.3, -0.25) is 14.2 Å². The van der Waals surface area contributed by atoms with Crippen LogP contribution in [0.1, 0.15) is 25.1 Å². The number of carbonyl (C=O) groups excluding carboxylic acids is 1. The number of nitrogens with zero attached hydrogens (tertiary/aromatic N) is 2. The Balaban J connectivity index is 1.76. The molecule has 0 atom stereocenters. The Kier molecular flexibility index (Phi) is 6.68. The van der Waals surface area contributed by atoms with Crippen molar-refractivity contribution in [1.82, 2.24) is 14.9 Å². The fourth-order valence-corrected chi connectivity index (χ4v) is 4.12. The number of aromatic nitrogens is 2. The highest BCUT2D eigenvalue weighted by atomic mass is 32.2. The average molecular weight is 402 g/mol.